The van der Waals surface area contributed by atoms with Crippen molar-refractivity contribution in [1.82, 2.24) is 20.7 Å². The minimum absolute atomic E-state index is 0.180. The maximum Gasteiger partial charge on any atom is 0.244 e. The van der Waals surface area contributed by atoms with Crippen LogP contribution in [0.1, 0.15) is 23.2 Å². The van der Waals surface area contributed by atoms with Gasteiger partial charge in [-0.3, -0.25) is 14.5 Å². The summed E-state index contributed by atoms with van der Waals surface area (Å²) < 4.78 is 0. The number of aryl methyl sites for hydroxylation is 1. The number of hydrogen-bond acceptors (Lipinski definition) is 5. The maximum atomic E-state index is 12.7. The third-order valence-electron chi connectivity index (χ3n) is 4.66. The lowest BCUT2D eigenvalue weighted by Crippen LogP contribution is -2.52. The highest BCUT2D eigenvalue weighted by molar-refractivity contribution is 6.06. The number of benzene rings is 1. The zero-order valence-electron chi connectivity index (χ0n) is 14.4. The molecule has 8 heteroatoms. The van der Waals surface area contributed by atoms with E-state index in [2.05, 4.69) is 33.9 Å². The normalized spacial score (nSPS) is 20.7. The molecule has 0 saturated carbocycles. The second kappa shape index (κ2) is 7.49. The third-order valence-corrected chi connectivity index (χ3v) is 4.66. The Hall–Kier alpha value is -3.00. The molecule has 2 atom stereocenters. The van der Waals surface area contributed by atoms with Crippen LogP contribution in [-0.4, -0.2) is 39.3 Å². The lowest BCUT2D eigenvalue weighted by Gasteiger charge is -2.26. The Kier molecular flexibility index (Phi) is 5.13. The zero-order chi connectivity index (χ0) is 18.7. The molecule has 0 radical (unpaired) electrons. The predicted molar refractivity (Wildman–Crippen MR) is 97.2 cm³/mol. The molecule has 0 bridgehead atoms. The molecule has 2 aliphatic rings. The zero-order valence-corrected chi connectivity index (χ0v) is 14.4. The van der Waals surface area contributed by atoms with E-state index in [4.69, 9.17) is 5.73 Å². The van der Waals surface area contributed by atoms with Crippen molar-refractivity contribution in [3.05, 3.63) is 54.4 Å². The highest BCUT2D eigenvalue weighted by Gasteiger charge is 2.42. The topological polar surface area (TPSA) is 117 Å². The van der Waals surface area contributed by atoms with Crippen molar-refractivity contribution in [2.24, 2.45) is 5.73 Å². The number of aromatic nitrogens is 3. The number of rotatable bonds is 3. The van der Waals surface area contributed by atoms with E-state index in [0.717, 1.165) is 23.2 Å². The van der Waals surface area contributed by atoms with Crippen LogP contribution in [0.5, 0.6) is 0 Å². The number of hydrogen-bond donors (Lipinski definition) is 3. The first-order chi connectivity index (χ1) is 12.6. The van der Waals surface area contributed by atoms with Crippen LogP contribution in [0.4, 0.5) is 5.69 Å². The molecule has 0 fully saturated rings. The van der Waals surface area contributed by atoms with E-state index in [1.165, 1.54) is 0 Å². The molecular formula is C18H22N6O2. The van der Waals surface area contributed by atoms with Gasteiger partial charge >= 0.3 is 0 Å². The summed E-state index contributed by atoms with van der Waals surface area (Å²) in [5, 5.41) is 12.9. The molecule has 0 saturated heterocycles. The number of nitrogens with one attached hydrogen (secondary N) is 2. The van der Waals surface area contributed by atoms with Gasteiger partial charge in [-0.1, -0.05) is 18.2 Å². The summed E-state index contributed by atoms with van der Waals surface area (Å²) in [5.74, 6) is -0.386. The van der Waals surface area contributed by atoms with Crippen LogP contribution in [-0.2, 0) is 29.0 Å². The lowest BCUT2D eigenvalue weighted by atomic mass is 10.0. The smallest absolute Gasteiger partial charge is 0.244 e. The highest BCUT2D eigenvalue weighted by Crippen LogP contribution is 2.38. The Bertz CT molecular complexity index is 804. The Morgan fingerprint density at radius 3 is 2.88 bits per heavy atom. The fourth-order valence-electron chi connectivity index (χ4n) is 3.47. The van der Waals surface area contributed by atoms with Gasteiger partial charge in [-0.15, -0.1) is 13.2 Å². The SMILES string of the molecule is C=C.NC1CCc2cccc3c2N(C1=O)C(C(=O)NCc1cn[nH]n1)C3. The van der Waals surface area contributed by atoms with Crippen molar-refractivity contribution in [2.45, 2.75) is 37.9 Å². The number of nitrogens with two attached hydrogens (primary N) is 1. The summed E-state index contributed by atoms with van der Waals surface area (Å²) in [6.07, 6.45) is 3.40. The van der Waals surface area contributed by atoms with Gasteiger partial charge in [0.05, 0.1) is 24.5 Å². The van der Waals surface area contributed by atoms with Crippen LogP contribution in [0.15, 0.2) is 37.6 Å². The molecule has 1 aromatic heterocycles. The minimum Gasteiger partial charge on any atom is -0.348 e. The van der Waals surface area contributed by atoms with Crippen LogP contribution in [0.25, 0.3) is 0 Å². The highest BCUT2D eigenvalue weighted by atomic mass is 16.2. The van der Waals surface area contributed by atoms with Gasteiger partial charge in [0.15, 0.2) is 0 Å². The standard InChI is InChI=1S/C16H18N6O2.C2H4/c17-12-5-4-9-2-1-3-10-6-13(22(14(9)10)16(12)24)15(23)18-7-11-8-19-21-20-11;1-2/h1-3,8,12-13H,4-7,17H2,(H,18,23)(H,19,20,21);1-2H2. The summed E-state index contributed by atoms with van der Waals surface area (Å²) in [6.45, 7) is 6.27. The van der Waals surface area contributed by atoms with Crippen molar-refractivity contribution >= 4 is 17.5 Å². The Morgan fingerprint density at radius 2 is 2.15 bits per heavy atom. The molecular weight excluding hydrogens is 332 g/mol. The Morgan fingerprint density at radius 1 is 1.38 bits per heavy atom. The van der Waals surface area contributed by atoms with E-state index in [-0.39, 0.29) is 18.4 Å². The monoisotopic (exact) mass is 354 g/mol. The van der Waals surface area contributed by atoms with Crippen molar-refractivity contribution in [2.75, 3.05) is 4.90 Å². The molecule has 26 heavy (non-hydrogen) atoms. The molecule has 4 rings (SSSR count). The number of H-pyrrole nitrogens is 1. The summed E-state index contributed by atoms with van der Waals surface area (Å²) in [5.41, 5.74) is 9.63. The third kappa shape index (κ3) is 3.11. The molecule has 0 spiro atoms. The van der Waals surface area contributed by atoms with Crippen LogP contribution in [0, 0.1) is 0 Å². The van der Waals surface area contributed by atoms with Gasteiger partial charge in [-0.25, -0.2) is 0 Å². The first-order valence-corrected chi connectivity index (χ1v) is 8.47. The minimum atomic E-state index is -0.575. The molecule has 2 amide bonds. The summed E-state index contributed by atoms with van der Waals surface area (Å²) in [6, 6.07) is 4.82. The van der Waals surface area contributed by atoms with Crippen molar-refractivity contribution in [1.29, 1.82) is 0 Å². The largest absolute Gasteiger partial charge is 0.348 e. The lowest BCUT2D eigenvalue weighted by molar-refractivity contribution is -0.126. The fraction of sp³-hybridized carbons (Fsp3) is 0.333. The van der Waals surface area contributed by atoms with E-state index in [9.17, 15) is 9.59 Å². The summed E-state index contributed by atoms with van der Waals surface area (Å²) in [4.78, 5) is 27.0. The van der Waals surface area contributed by atoms with Gasteiger partial charge in [0.1, 0.15) is 11.7 Å². The molecule has 8 nitrogen and oxygen atoms in total. The number of carbonyl (C=O) groups is 2. The number of amides is 2. The van der Waals surface area contributed by atoms with E-state index >= 15 is 0 Å². The molecule has 136 valence electrons. The molecule has 3 heterocycles. The molecule has 2 unspecified atom stereocenters. The average Bonchev–Trinajstić information content (AvgIpc) is 3.30. The number of nitrogens with zero attached hydrogens (tertiary/aromatic N) is 3. The molecule has 1 aromatic carbocycles. The molecule has 2 aromatic rings. The number of carbonyl (C=O) groups excluding carboxylic acids is 2. The first kappa shape index (κ1) is 17.8. The van der Waals surface area contributed by atoms with Gasteiger partial charge in [0.25, 0.3) is 0 Å². The quantitative estimate of drug-likeness (QED) is 0.692. The average molecular weight is 354 g/mol. The maximum absolute atomic E-state index is 12.7. The van der Waals surface area contributed by atoms with Crippen molar-refractivity contribution in [3.8, 4) is 0 Å². The van der Waals surface area contributed by atoms with Gasteiger partial charge in [0, 0.05) is 6.42 Å². The molecule has 0 aliphatic carbocycles. The summed E-state index contributed by atoms with van der Waals surface area (Å²) >= 11 is 0. The van der Waals surface area contributed by atoms with Crippen molar-refractivity contribution < 1.29 is 9.59 Å². The van der Waals surface area contributed by atoms with Crippen LogP contribution >= 0.6 is 0 Å². The molecule has 4 N–H and O–H groups in total. The first-order valence-electron chi connectivity index (χ1n) is 8.47. The van der Waals surface area contributed by atoms with Gasteiger partial charge in [-0.2, -0.15) is 15.4 Å². The van der Waals surface area contributed by atoms with Gasteiger partial charge in [0.2, 0.25) is 11.8 Å². The van der Waals surface area contributed by atoms with Crippen LogP contribution < -0.4 is 16.0 Å². The van der Waals surface area contributed by atoms with E-state index in [1.807, 2.05) is 18.2 Å². The Balaban J connectivity index is 0.000000948. The predicted octanol–water partition coefficient (Wildman–Crippen LogP) is 0.455. The van der Waals surface area contributed by atoms with Gasteiger partial charge in [-0.05, 0) is 24.0 Å². The number of para-hydroxylation sites is 1. The van der Waals surface area contributed by atoms with E-state index < -0.39 is 12.1 Å². The number of anilines is 1. The number of aromatic amines is 1. The van der Waals surface area contributed by atoms with Crippen molar-refractivity contribution in [3.63, 3.8) is 0 Å². The molecule has 2 aliphatic heterocycles. The van der Waals surface area contributed by atoms with Gasteiger partial charge < -0.3 is 11.1 Å². The second-order valence-electron chi connectivity index (χ2n) is 6.18. The second-order valence-corrected chi connectivity index (χ2v) is 6.18. The fourth-order valence-corrected chi connectivity index (χ4v) is 3.47. The van der Waals surface area contributed by atoms with Crippen LogP contribution in [0.2, 0.25) is 0 Å². The van der Waals surface area contributed by atoms with E-state index in [1.54, 1.807) is 11.1 Å². The van der Waals surface area contributed by atoms with Crippen LogP contribution in [0.3, 0.4) is 0 Å². The summed E-state index contributed by atoms with van der Waals surface area (Å²) in [7, 11) is 0. The van der Waals surface area contributed by atoms with E-state index in [0.29, 0.717) is 18.5 Å². The Labute approximate surface area is 151 Å².